The topological polar surface area (TPSA) is 68.5 Å². The molecule has 3 rings (SSSR count). The summed E-state index contributed by atoms with van der Waals surface area (Å²) < 4.78 is 5.68. The fraction of sp³-hybridized carbons (Fsp3) is 0.250. The molecular formula is C16H17N3O2. The van der Waals surface area contributed by atoms with Gasteiger partial charge in [-0.15, -0.1) is 0 Å². The van der Waals surface area contributed by atoms with Crippen LogP contribution in [-0.4, -0.2) is 24.5 Å². The number of amides is 1. The highest BCUT2D eigenvalue weighted by atomic mass is 16.5. The maximum Gasteiger partial charge on any atom is 0.233 e. The average molecular weight is 283 g/mol. The molecule has 2 aromatic rings. The van der Waals surface area contributed by atoms with Gasteiger partial charge in [-0.2, -0.15) is 0 Å². The van der Waals surface area contributed by atoms with E-state index in [0.717, 1.165) is 11.3 Å². The van der Waals surface area contributed by atoms with Gasteiger partial charge in [0.05, 0.1) is 23.5 Å². The van der Waals surface area contributed by atoms with Crippen LogP contribution in [-0.2, 0) is 11.2 Å². The summed E-state index contributed by atoms with van der Waals surface area (Å²) in [5.41, 5.74) is 8.11. The van der Waals surface area contributed by atoms with E-state index in [1.807, 2.05) is 24.3 Å². The summed E-state index contributed by atoms with van der Waals surface area (Å²) in [4.78, 5) is 18.2. The van der Waals surface area contributed by atoms with Crippen LogP contribution in [0.4, 0.5) is 11.4 Å². The highest BCUT2D eigenvalue weighted by Crippen LogP contribution is 2.29. The Morgan fingerprint density at radius 2 is 2.19 bits per heavy atom. The third-order valence-electron chi connectivity index (χ3n) is 3.75. The largest absolute Gasteiger partial charge is 0.492 e. The van der Waals surface area contributed by atoms with Gasteiger partial charge in [-0.3, -0.25) is 9.78 Å². The zero-order valence-electron chi connectivity index (χ0n) is 11.8. The van der Waals surface area contributed by atoms with E-state index in [9.17, 15) is 4.79 Å². The van der Waals surface area contributed by atoms with E-state index in [2.05, 4.69) is 4.98 Å². The smallest absolute Gasteiger partial charge is 0.233 e. The summed E-state index contributed by atoms with van der Waals surface area (Å²) in [5.74, 6) is 0.674. The number of nitrogen functional groups attached to an aromatic ring is 1. The standard InChI is InChI=1S/C16H17N3O2/c1-19(14-6-7-18-9-13(14)17)16(20)12-8-11-4-2-3-5-15(11)21-10-12/h2-7,9,12H,8,10,17H2,1H3. The van der Waals surface area contributed by atoms with Crippen LogP contribution in [0, 0.1) is 5.92 Å². The van der Waals surface area contributed by atoms with Gasteiger partial charge in [0.1, 0.15) is 12.4 Å². The van der Waals surface area contributed by atoms with Gasteiger partial charge >= 0.3 is 0 Å². The van der Waals surface area contributed by atoms with Crippen LogP contribution in [0.3, 0.4) is 0 Å². The molecule has 5 heteroatoms. The van der Waals surface area contributed by atoms with Crippen LogP contribution < -0.4 is 15.4 Å². The maximum atomic E-state index is 12.6. The highest BCUT2D eigenvalue weighted by Gasteiger charge is 2.29. The van der Waals surface area contributed by atoms with Gasteiger partial charge in [-0.05, 0) is 24.1 Å². The number of pyridine rings is 1. The number of hydrogen-bond acceptors (Lipinski definition) is 4. The van der Waals surface area contributed by atoms with Gasteiger partial charge in [0, 0.05) is 13.2 Å². The van der Waals surface area contributed by atoms with Crippen molar-refractivity contribution in [3.63, 3.8) is 0 Å². The molecule has 21 heavy (non-hydrogen) atoms. The molecule has 5 nitrogen and oxygen atoms in total. The summed E-state index contributed by atoms with van der Waals surface area (Å²) in [6.45, 7) is 0.394. The zero-order chi connectivity index (χ0) is 14.8. The van der Waals surface area contributed by atoms with E-state index in [-0.39, 0.29) is 11.8 Å². The lowest BCUT2D eigenvalue weighted by Gasteiger charge is -2.28. The van der Waals surface area contributed by atoms with Crippen molar-refractivity contribution in [1.82, 2.24) is 4.98 Å². The van der Waals surface area contributed by atoms with Gasteiger partial charge < -0.3 is 15.4 Å². The van der Waals surface area contributed by atoms with Crippen LogP contribution in [0.2, 0.25) is 0 Å². The minimum absolute atomic E-state index is 0.00223. The predicted molar refractivity (Wildman–Crippen MR) is 81.2 cm³/mol. The fourth-order valence-electron chi connectivity index (χ4n) is 2.58. The van der Waals surface area contributed by atoms with Crippen molar-refractivity contribution in [3.8, 4) is 5.75 Å². The molecule has 1 amide bonds. The maximum absolute atomic E-state index is 12.6. The lowest BCUT2D eigenvalue weighted by atomic mass is 9.95. The minimum Gasteiger partial charge on any atom is -0.492 e. The Morgan fingerprint density at radius 3 is 3.00 bits per heavy atom. The van der Waals surface area contributed by atoms with Gasteiger partial charge in [0.25, 0.3) is 0 Å². The van der Waals surface area contributed by atoms with Crippen LogP contribution in [0.1, 0.15) is 5.56 Å². The predicted octanol–water partition coefficient (Wildman–Crippen LogP) is 1.88. The molecule has 0 radical (unpaired) electrons. The number of nitrogens with two attached hydrogens (primary N) is 1. The molecule has 2 N–H and O–H groups in total. The van der Waals surface area contributed by atoms with E-state index in [1.165, 1.54) is 0 Å². The number of para-hydroxylation sites is 1. The first-order valence-electron chi connectivity index (χ1n) is 6.84. The number of carbonyl (C=O) groups excluding carboxylic acids is 1. The monoisotopic (exact) mass is 283 g/mol. The second-order valence-corrected chi connectivity index (χ2v) is 5.15. The lowest BCUT2D eigenvalue weighted by Crippen LogP contribution is -2.39. The first kappa shape index (κ1) is 13.4. The Hall–Kier alpha value is -2.56. The first-order valence-corrected chi connectivity index (χ1v) is 6.84. The molecule has 1 aromatic heterocycles. The number of carbonyl (C=O) groups is 1. The molecule has 0 fully saturated rings. The summed E-state index contributed by atoms with van der Waals surface area (Å²) in [6.07, 6.45) is 3.86. The average Bonchev–Trinajstić information content (AvgIpc) is 2.53. The summed E-state index contributed by atoms with van der Waals surface area (Å²) >= 11 is 0. The van der Waals surface area contributed by atoms with Crippen molar-refractivity contribution in [2.24, 2.45) is 5.92 Å². The molecule has 1 aromatic carbocycles. The number of aromatic nitrogens is 1. The molecule has 0 aliphatic carbocycles. The number of anilines is 2. The molecule has 2 heterocycles. The molecule has 1 unspecified atom stereocenters. The summed E-state index contributed by atoms with van der Waals surface area (Å²) in [6, 6.07) is 9.56. The third kappa shape index (κ3) is 2.54. The number of hydrogen-bond donors (Lipinski definition) is 1. The van der Waals surface area contributed by atoms with E-state index >= 15 is 0 Å². The molecule has 0 bridgehead atoms. The van der Waals surface area contributed by atoms with Crippen molar-refractivity contribution >= 4 is 17.3 Å². The number of fused-ring (bicyclic) bond motifs is 1. The Bertz CT molecular complexity index is 672. The van der Waals surface area contributed by atoms with Gasteiger partial charge in [0.15, 0.2) is 0 Å². The van der Waals surface area contributed by atoms with Crippen LogP contribution in [0.15, 0.2) is 42.7 Å². The van der Waals surface area contributed by atoms with E-state index in [0.29, 0.717) is 24.4 Å². The Labute approximate surface area is 123 Å². The third-order valence-corrected chi connectivity index (χ3v) is 3.75. The normalized spacial score (nSPS) is 16.7. The summed E-state index contributed by atoms with van der Waals surface area (Å²) in [5, 5.41) is 0. The minimum atomic E-state index is -0.197. The van der Waals surface area contributed by atoms with Crippen molar-refractivity contribution < 1.29 is 9.53 Å². The van der Waals surface area contributed by atoms with E-state index < -0.39 is 0 Å². The lowest BCUT2D eigenvalue weighted by molar-refractivity contribution is -0.123. The van der Waals surface area contributed by atoms with Crippen molar-refractivity contribution in [1.29, 1.82) is 0 Å². The molecular weight excluding hydrogens is 266 g/mol. The number of rotatable bonds is 2. The highest BCUT2D eigenvalue weighted by molar-refractivity contribution is 5.97. The van der Waals surface area contributed by atoms with Gasteiger partial charge in [0.2, 0.25) is 5.91 Å². The quantitative estimate of drug-likeness (QED) is 0.913. The van der Waals surface area contributed by atoms with Crippen molar-refractivity contribution in [2.75, 3.05) is 24.3 Å². The molecule has 0 saturated heterocycles. The molecule has 1 aliphatic heterocycles. The Kier molecular flexibility index (Phi) is 3.48. The van der Waals surface area contributed by atoms with Crippen LogP contribution >= 0.6 is 0 Å². The van der Waals surface area contributed by atoms with Crippen LogP contribution in [0.5, 0.6) is 5.75 Å². The number of benzene rings is 1. The Balaban J connectivity index is 1.79. The van der Waals surface area contributed by atoms with E-state index in [1.54, 1.807) is 30.4 Å². The van der Waals surface area contributed by atoms with Crippen molar-refractivity contribution in [3.05, 3.63) is 48.3 Å². The summed E-state index contributed by atoms with van der Waals surface area (Å²) in [7, 11) is 1.73. The van der Waals surface area contributed by atoms with Crippen molar-refractivity contribution in [2.45, 2.75) is 6.42 Å². The second kappa shape index (κ2) is 5.44. The molecule has 1 aliphatic rings. The second-order valence-electron chi connectivity index (χ2n) is 5.15. The van der Waals surface area contributed by atoms with Gasteiger partial charge in [-0.25, -0.2) is 0 Å². The fourth-order valence-corrected chi connectivity index (χ4v) is 2.58. The van der Waals surface area contributed by atoms with Gasteiger partial charge in [-0.1, -0.05) is 18.2 Å². The first-order chi connectivity index (χ1) is 10.2. The Morgan fingerprint density at radius 1 is 1.38 bits per heavy atom. The molecule has 1 atom stereocenters. The molecule has 108 valence electrons. The van der Waals surface area contributed by atoms with Crippen LogP contribution in [0.25, 0.3) is 0 Å². The zero-order valence-corrected chi connectivity index (χ0v) is 11.8. The molecule has 0 spiro atoms. The number of nitrogens with zero attached hydrogens (tertiary/aromatic N) is 2. The number of ether oxygens (including phenoxy) is 1. The molecule has 0 saturated carbocycles. The SMILES string of the molecule is CN(C(=O)C1COc2ccccc2C1)c1ccncc1N. The van der Waals surface area contributed by atoms with E-state index in [4.69, 9.17) is 10.5 Å².